The number of nitrogens with zero attached hydrogens (tertiary/aromatic N) is 1. The highest BCUT2D eigenvalue weighted by Crippen LogP contribution is 2.49. The third-order valence-electron chi connectivity index (χ3n) is 4.90. The minimum Gasteiger partial charge on any atom is -0.394 e. The molecule has 3 rings (SSSR count). The van der Waals surface area contributed by atoms with Gasteiger partial charge in [0.25, 0.3) is 0 Å². The molecule has 1 N–H and O–H groups in total. The first kappa shape index (κ1) is 12.4. The smallest absolute Gasteiger partial charge is 0.226 e. The van der Waals surface area contributed by atoms with Crippen LogP contribution in [0.1, 0.15) is 32.6 Å². The highest BCUT2D eigenvalue weighted by atomic mass is 16.5. The zero-order chi connectivity index (χ0) is 12.7. The molecule has 1 heterocycles. The van der Waals surface area contributed by atoms with Gasteiger partial charge >= 0.3 is 0 Å². The summed E-state index contributed by atoms with van der Waals surface area (Å²) in [4.78, 5) is 14.5. The van der Waals surface area contributed by atoms with Crippen molar-refractivity contribution in [3.8, 4) is 0 Å². The lowest BCUT2D eigenvalue weighted by atomic mass is 9.87. The Morgan fingerprint density at radius 1 is 1.33 bits per heavy atom. The Balaban J connectivity index is 1.65. The van der Waals surface area contributed by atoms with E-state index in [2.05, 4.69) is 0 Å². The monoisotopic (exact) mass is 253 g/mol. The van der Waals surface area contributed by atoms with Crippen LogP contribution in [0.15, 0.2) is 0 Å². The summed E-state index contributed by atoms with van der Waals surface area (Å²) in [5, 5.41) is 9.22. The van der Waals surface area contributed by atoms with E-state index in [-0.39, 0.29) is 24.7 Å². The van der Waals surface area contributed by atoms with E-state index in [4.69, 9.17) is 4.74 Å². The second kappa shape index (κ2) is 4.82. The Morgan fingerprint density at radius 2 is 2.17 bits per heavy atom. The van der Waals surface area contributed by atoms with E-state index in [1.807, 2.05) is 11.8 Å². The van der Waals surface area contributed by atoms with Crippen LogP contribution in [0.25, 0.3) is 0 Å². The molecule has 1 aliphatic heterocycles. The lowest BCUT2D eigenvalue weighted by Gasteiger charge is -2.38. The minimum atomic E-state index is -0.198. The van der Waals surface area contributed by atoms with Crippen molar-refractivity contribution in [1.82, 2.24) is 4.90 Å². The summed E-state index contributed by atoms with van der Waals surface area (Å²) in [6, 6.07) is 0. The molecule has 3 aliphatic rings. The van der Waals surface area contributed by atoms with Gasteiger partial charge in [-0.25, -0.2) is 0 Å². The summed E-state index contributed by atoms with van der Waals surface area (Å²) in [7, 11) is 0. The molecule has 2 saturated carbocycles. The lowest BCUT2D eigenvalue weighted by Crippen LogP contribution is -2.52. The maximum absolute atomic E-state index is 12.6. The highest BCUT2D eigenvalue weighted by molar-refractivity contribution is 5.79. The molecule has 1 saturated heterocycles. The summed E-state index contributed by atoms with van der Waals surface area (Å²) in [6.07, 6.45) is 4.77. The van der Waals surface area contributed by atoms with Crippen molar-refractivity contribution >= 4 is 5.91 Å². The highest BCUT2D eigenvalue weighted by Gasteiger charge is 2.45. The molecule has 5 atom stereocenters. The molecule has 4 heteroatoms. The molecule has 3 fully saturated rings. The maximum Gasteiger partial charge on any atom is 0.226 e. The molecule has 1 amide bonds. The maximum atomic E-state index is 12.6. The number of aliphatic hydroxyl groups is 1. The van der Waals surface area contributed by atoms with E-state index in [0.717, 1.165) is 12.3 Å². The number of ether oxygens (including phenoxy) is 1. The second-order valence-corrected chi connectivity index (χ2v) is 6.28. The Labute approximate surface area is 108 Å². The number of fused-ring (bicyclic) bond motifs is 2. The molecule has 0 aromatic carbocycles. The van der Waals surface area contributed by atoms with E-state index < -0.39 is 0 Å². The average Bonchev–Trinajstić information content (AvgIpc) is 2.99. The van der Waals surface area contributed by atoms with Gasteiger partial charge in [0.1, 0.15) is 0 Å². The van der Waals surface area contributed by atoms with Crippen molar-refractivity contribution in [1.29, 1.82) is 0 Å². The lowest BCUT2D eigenvalue weighted by molar-refractivity contribution is -0.152. The number of morpholine rings is 1. The van der Waals surface area contributed by atoms with E-state index in [0.29, 0.717) is 24.9 Å². The van der Waals surface area contributed by atoms with Crippen LogP contribution in [-0.4, -0.2) is 47.8 Å². The zero-order valence-electron chi connectivity index (χ0n) is 11.0. The molecule has 2 bridgehead atoms. The fraction of sp³-hybridized carbons (Fsp3) is 0.929. The molecule has 102 valence electrons. The van der Waals surface area contributed by atoms with E-state index in [1.165, 1.54) is 19.3 Å². The summed E-state index contributed by atoms with van der Waals surface area (Å²) in [6.45, 7) is 3.23. The van der Waals surface area contributed by atoms with Crippen LogP contribution in [0.2, 0.25) is 0 Å². The predicted molar refractivity (Wildman–Crippen MR) is 66.9 cm³/mol. The van der Waals surface area contributed by atoms with Crippen LogP contribution in [0.5, 0.6) is 0 Å². The minimum absolute atomic E-state index is 0.00480. The van der Waals surface area contributed by atoms with E-state index in [1.54, 1.807) is 0 Å². The van der Waals surface area contributed by atoms with Crippen molar-refractivity contribution < 1.29 is 14.6 Å². The molecule has 0 aromatic heterocycles. The van der Waals surface area contributed by atoms with Gasteiger partial charge in [-0.15, -0.1) is 0 Å². The van der Waals surface area contributed by atoms with Gasteiger partial charge in [-0.2, -0.15) is 0 Å². The number of hydrogen-bond acceptors (Lipinski definition) is 3. The number of rotatable bonds is 2. The van der Waals surface area contributed by atoms with Crippen molar-refractivity contribution in [2.75, 3.05) is 19.7 Å². The Morgan fingerprint density at radius 3 is 2.78 bits per heavy atom. The number of amides is 1. The van der Waals surface area contributed by atoms with E-state index >= 15 is 0 Å². The van der Waals surface area contributed by atoms with Crippen molar-refractivity contribution in [3.63, 3.8) is 0 Å². The second-order valence-electron chi connectivity index (χ2n) is 6.28. The predicted octanol–water partition coefficient (Wildman–Crippen LogP) is 1.03. The standard InChI is InChI=1S/C14H23NO3/c1-9-6-15(7-12(8-16)18-9)14(17)13-5-10-2-3-11(13)4-10/h9-13,16H,2-8H2,1H3. The van der Waals surface area contributed by atoms with Gasteiger partial charge in [-0.1, -0.05) is 6.42 Å². The van der Waals surface area contributed by atoms with Gasteiger partial charge < -0.3 is 14.7 Å². The quantitative estimate of drug-likeness (QED) is 0.799. The Hall–Kier alpha value is -0.610. The van der Waals surface area contributed by atoms with Crippen molar-refractivity contribution in [2.24, 2.45) is 17.8 Å². The molecule has 0 radical (unpaired) electrons. The Kier molecular flexibility index (Phi) is 3.32. The fourth-order valence-corrected chi connectivity index (χ4v) is 4.11. The fourth-order valence-electron chi connectivity index (χ4n) is 4.11. The SMILES string of the molecule is CC1CN(C(=O)C2CC3CCC2C3)CC(CO)O1. The van der Waals surface area contributed by atoms with Gasteiger partial charge in [0.2, 0.25) is 5.91 Å². The van der Waals surface area contributed by atoms with Crippen molar-refractivity contribution in [2.45, 2.75) is 44.8 Å². The largest absolute Gasteiger partial charge is 0.394 e. The topological polar surface area (TPSA) is 49.8 Å². The van der Waals surface area contributed by atoms with Gasteiger partial charge in [-0.3, -0.25) is 4.79 Å². The average molecular weight is 253 g/mol. The van der Waals surface area contributed by atoms with Crippen LogP contribution in [0, 0.1) is 17.8 Å². The first-order valence-electron chi connectivity index (χ1n) is 7.22. The third-order valence-corrected chi connectivity index (χ3v) is 4.90. The summed E-state index contributed by atoms with van der Waals surface area (Å²) >= 11 is 0. The third kappa shape index (κ3) is 2.16. The first-order valence-corrected chi connectivity index (χ1v) is 7.22. The summed E-state index contributed by atoms with van der Waals surface area (Å²) in [5.41, 5.74) is 0. The molecule has 5 unspecified atom stereocenters. The zero-order valence-corrected chi connectivity index (χ0v) is 11.0. The van der Waals surface area contributed by atoms with Gasteiger partial charge in [0, 0.05) is 19.0 Å². The molecule has 18 heavy (non-hydrogen) atoms. The normalized spacial score (nSPS) is 43.4. The number of carbonyl (C=O) groups is 1. The number of carbonyl (C=O) groups excluding carboxylic acids is 1. The number of hydrogen-bond donors (Lipinski definition) is 1. The van der Waals surface area contributed by atoms with Gasteiger partial charge in [0.15, 0.2) is 0 Å². The summed E-state index contributed by atoms with van der Waals surface area (Å²) in [5.74, 6) is 2.01. The van der Waals surface area contributed by atoms with Gasteiger partial charge in [-0.05, 0) is 38.0 Å². The molecular weight excluding hydrogens is 230 g/mol. The molecule has 2 aliphatic carbocycles. The molecular formula is C14H23NO3. The first-order chi connectivity index (χ1) is 8.67. The number of aliphatic hydroxyl groups excluding tert-OH is 1. The van der Waals surface area contributed by atoms with Crippen LogP contribution < -0.4 is 0 Å². The van der Waals surface area contributed by atoms with Crippen LogP contribution in [0.3, 0.4) is 0 Å². The van der Waals surface area contributed by atoms with Crippen LogP contribution >= 0.6 is 0 Å². The van der Waals surface area contributed by atoms with E-state index in [9.17, 15) is 9.90 Å². The molecule has 0 aromatic rings. The molecule has 0 spiro atoms. The molecule has 4 nitrogen and oxygen atoms in total. The Bertz CT molecular complexity index is 333. The van der Waals surface area contributed by atoms with Crippen molar-refractivity contribution in [3.05, 3.63) is 0 Å². The summed E-state index contributed by atoms with van der Waals surface area (Å²) < 4.78 is 5.60. The van der Waals surface area contributed by atoms with Gasteiger partial charge in [0.05, 0.1) is 18.8 Å². The van der Waals surface area contributed by atoms with Crippen LogP contribution in [0.4, 0.5) is 0 Å². The van der Waals surface area contributed by atoms with Crippen LogP contribution in [-0.2, 0) is 9.53 Å².